The summed E-state index contributed by atoms with van der Waals surface area (Å²) >= 11 is 1.27. The van der Waals surface area contributed by atoms with E-state index in [1.54, 1.807) is 0 Å². The zero-order chi connectivity index (χ0) is 17.6. The zero-order valence-corrected chi connectivity index (χ0v) is 15.6. The van der Waals surface area contributed by atoms with Crippen LogP contribution in [0.3, 0.4) is 0 Å². The molecule has 0 spiro atoms. The second-order valence-corrected chi connectivity index (χ2v) is 7.79. The number of aromatic nitrogens is 2. The fourth-order valence-corrected chi connectivity index (χ4v) is 4.32. The number of nitrogens with zero attached hydrogens (tertiary/aromatic N) is 3. The summed E-state index contributed by atoms with van der Waals surface area (Å²) in [5.74, 6) is 0.356. The summed E-state index contributed by atoms with van der Waals surface area (Å²) in [6.45, 7) is 2.99. The number of amides is 2. The molecule has 2 amide bonds. The van der Waals surface area contributed by atoms with Gasteiger partial charge in [-0.25, -0.2) is 0 Å². The van der Waals surface area contributed by atoms with E-state index in [1.807, 2.05) is 0 Å². The third-order valence-electron chi connectivity index (χ3n) is 4.97. The van der Waals surface area contributed by atoms with Gasteiger partial charge in [-0.3, -0.25) is 14.9 Å². The van der Waals surface area contributed by atoms with Gasteiger partial charge < -0.3 is 10.2 Å². The van der Waals surface area contributed by atoms with E-state index < -0.39 is 0 Å². The van der Waals surface area contributed by atoms with Crippen LogP contribution in [0.5, 0.6) is 0 Å². The molecule has 0 unspecified atom stereocenters. The molecule has 1 atom stereocenters. The van der Waals surface area contributed by atoms with Crippen LogP contribution in [0.2, 0.25) is 0 Å². The van der Waals surface area contributed by atoms with Crippen molar-refractivity contribution in [3.8, 4) is 0 Å². The minimum Gasteiger partial charge on any atom is -0.353 e. The molecule has 138 valence electrons. The van der Waals surface area contributed by atoms with Crippen LogP contribution in [0.4, 0.5) is 11.1 Å². The molecule has 2 fully saturated rings. The van der Waals surface area contributed by atoms with Crippen LogP contribution >= 0.6 is 11.5 Å². The molecule has 2 N–H and O–H groups in total. The Hall–Kier alpha value is -1.70. The summed E-state index contributed by atoms with van der Waals surface area (Å²) in [5.41, 5.74) is 0. The van der Waals surface area contributed by atoms with Crippen LogP contribution in [-0.4, -0.2) is 40.3 Å². The van der Waals surface area contributed by atoms with Crippen molar-refractivity contribution in [1.29, 1.82) is 0 Å². The number of hydrogen-bond donors (Lipinski definition) is 2. The number of rotatable bonds is 4. The van der Waals surface area contributed by atoms with E-state index in [4.69, 9.17) is 0 Å². The summed E-state index contributed by atoms with van der Waals surface area (Å²) < 4.78 is 4.16. The van der Waals surface area contributed by atoms with Crippen molar-refractivity contribution in [2.24, 2.45) is 5.92 Å². The normalized spacial score (nSPS) is 22.3. The Morgan fingerprint density at radius 1 is 1.12 bits per heavy atom. The van der Waals surface area contributed by atoms with Gasteiger partial charge in [0.05, 0.1) is 5.92 Å². The van der Waals surface area contributed by atoms with E-state index in [0.717, 1.165) is 37.4 Å². The van der Waals surface area contributed by atoms with E-state index in [9.17, 15) is 9.59 Å². The minimum atomic E-state index is -0.177. The molecule has 25 heavy (non-hydrogen) atoms. The van der Waals surface area contributed by atoms with Crippen LogP contribution in [0, 0.1) is 5.92 Å². The molecule has 0 bridgehead atoms. The van der Waals surface area contributed by atoms with Crippen molar-refractivity contribution >= 4 is 34.4 Å². The third kappa shape index (κ3) is 5.14. The van der Waals surface area contributed by atoms with Crippen molar-refractivity contribution < 1.29 is 9.59 Å². The highest BCUT2D eigenvalue weighted by Gasteiger charge is 2.29. The largest absolute Gasteiger partial charge is 0.353 e. The monoisotopic (exact) mass is 365 g/mol. The van der Waals surface area contributed by atoms with Gasteiger partial charge in [0.25, 0.3) is 0 Å². The maximum absolute atomic E-state index is 12.7. The molecule has 1 aromatic heterocycles. The lowest BCUT2D eigenvalue weighted by molar-refractivity contribution is -0.126. The highest BCUT2D eigenvalue weighted by molar-refractivity contribution is 7.09. The van der Waals surface area contributed by atoms with Crippen LogP contribution in [0.25, 0.3) is 0 Å². The fraction of sp³-hybridized carbons (Fsp3) is 0.765. The van der Waals surface area contributed by atoms with Gasteiger partial charge in [-0.1, -0.05) is 25.7 Å². The van der Waals surface area contributed by atoms with E-state index >= 15 is 0 Å². The smallest absolute Gasteiger partial charge is 0.243 e. The average molecular weight is 366 g/mol. The van der Waals surface area contributed by atoms with Gasteiger partial charge in [0, 0.05) is 37.6 Å². The summed E-state index contributed by atoms with van der Waals surface area (Å²) in [4.78, 5) is 30.3. The zero-order valence-electron chi connectivity index (χ0n) is 14.8. The van der Waals surface area contributed by atoms with E-state index in [2.05, 4.69) is 24.9 Å². The first-order valence-electron chi connectivity index (χ1n) is 9.28. The highest BCUT2D eigenvalue weighted by Crippen LogP contribution is 2.26. The predicted octanol–water partition coefficient (Wildman–Crippen LogP) is 2.55. The molecule has 0 radical (unpaired) electrons. The fourth-order valence-electron chi connectivity index (χ4n) is 3.66. The van der Waals surface area contributed by atoms with Crippen LogP contribution < -0.4 is 15.5 Å². The number of anilines is 2. The molecule has 1 aliphatic heterocycles. The summed E-state index contributed by atoms with van der Waals surface area (Å²) in [6.07, 6.45) is 9.13. The van der Waals surface area contributed by atoms with Gasteiger partial charge in [-0.2, -0.15) is 9.36 Å². The van der Waals surface area contributed by atoms with Gasteiger partial charge in [0.15, 0.2) is 0 Å². The van der Waals surface area contributed by atoms with E-state index in [1.165, 1.54) is 44.1 Å². The first kappa shape index (κ1) is 18.1. The molecule has 1 saturated heterocycles. The molecule has 1 aliphatic carbocycles. The van der Waals surface area contributed by atoms with Crippen molar-refractivity contribution in [1.82, 2.24) is 14.7 Å². The Balaban J connectivity index is 1.55. The molecule has 1 aromatic rings. The van der Waals surface area contributed by atoms with Crippen molar-refractivity contribution in [3.63, 3.8) is 0 Å². The SMILES string of the molecule is CC(=O)Nc1nsc(N2CCC[C@H](C(=O)NC3CCCCCC3)C2)n1. The maximum atomic E-state index is 12.7. The molecular weight excluding hydrogens is 338 g/mol. The van der Waals surface area contributed by atoms with Crippen LogP contribution in [0.1, 0.15) is 58.3 Å². The molecule has 3 rings (SSSR count). The number of carbonyl (C=O) groups is 2. The number of carbonyl (C=O) groups excluding carboxylic acids is 2. The second kappa shape index (κ2) is 8.60. The summed E-state index contributed by atoms with van der Waals surface area (Å²) in [5, 5.41) is 6.65. The van der Waals surface area contributed by atoms with E-state index in [-0.39, 0.29) is 17.7 Å². The Labute approximate surface area is 152 Å². The van der Waals surface area contributed by atoms with Gasteiger partial charge in [-0.15, -0.1) is 0 Å². The molecule has 2 aliphatic rings. The Bertz CT molecular complexity index is 598. The standard InChI is InChI=1S/C17H27N5O2S/c1-12(23)18-16-20-17(25-21-16)22-10-6-7-13(11-22)15(24)19-14-8-4-2-3-5-9-14/h13-14H,2-11H2,1H3,(H,19,24)(H,18,21,23)/t13-/m0/s1. The Morgan fingerprint density at radius 2 is 1.88 bits per heavy atom. The Morgan fingerprint density at radius 3 is 2.60 bits per heavy atom. The third-order valence-corrected chi connectivity index (χ3v) is 5.74. The molecule has 0 aromatic carbocycles. The summed E-state index contributed by atoms with van der Waals surface area (Å²) in [6, 6.07) is 0.346. The first-order valence-corrected chi connectivity index (χ1v) is 10.1. The molecule has 7 nitrogen and oxygen atoms in total. The number of nitrogens with one attached hydrogen (secondary N) is 2. The van der Waals surface area contributed by atoms with Gasteiger partial charge >= 0.3 is 0 Å². The van der Waals surface area contributed by atoms with Gasteiger partial charge in [0.2, 0.25) is 22.9 Å². The molecule has 2 heterocycles. The first-order chi connectivity index (χ1) is 12.1. The molecule has 8 heteroatoms. The van der Waals surface area contributed by atoms with E-state index in [0.29, 0.717) is 18.5 Å². The highest BCUT2D eigenvalue weighted by atomic mass is 32.1. The summed E-state index contributed by atoms with van der Waals surface area (Å²) in [7, 11) is 0. The number of hydrogen-bond acceptors (Lipinski definition) is 6. The topological polar surface area (TPSA) is 87.2 Å². The van der Waals surface area contributed by atoms with Crippen LogP contribution in [0.15, 0.2) is 0 Å². The number of piperidine rings is 1. The van der Waals surface area contributed by atoms with Crippen LogP contribution in [-0.2, 0) is 9.59 Å². The minimum absolute atomic E-state index is 0.00474. The predicted molar refractivity (Wildman–Crippen MR) is 98.8 cm³/mol. The lowest BCUT2D eigenvalue weighted by atomic mass is 9.96. The molecule has 1 saturated carbocycles. The van der Waals surface area contributed by atoms with Gasteiger partial charge in [0.1, 0.15) is 0 Å². The molecular formula is C17H27N5O2S. The van der Waals surface area contributed by atoms with Crippen molar-refractivity contribution in [2.75, 3.05) is 23.3 Å². The van der Waals surface area contributed by atoms with Crippen molar-refractivity contribution in [3.05, 3.63) is 0 Å². The maximum Gasteiger partial charge on any atom is 0.243 e. The second-order valence-electron chi connectivity index (χ2n) is 7.06. The average Bonchev–Trinajstić information content (AvgIpc) is 2.90. The lowest BCUT2D eigenvalue weighted by Gasteiger charge is -2.32. The van der Waals surface area contributed by atoms with Gasteiger partial charge in [-0.05, 0) is 25.7 Å². The quantitative estimate of drug-likeness (QED) is 0.801. The Kier molecular flexibility index (Phi) is 6.23. The lowest BCUT2D eigenvalue weighted by Crippen LogP contribution is -2.46. The van der Waals surface area contributed by atoms with Crippen molar-refractivity contribution in [2.45, 2.75) is 64.3 Å².